The Bertz CT molecular complexity index is 1090. The Balaban J connectivity index is 1.76. The number of phenolic OH excluding ortho intramolecular Hbond substituents is 1. The number of aliphatic carboxylic acids is 1. The third kappa shape index (κ3) is 10.5. The number of amides is 1. The zero-order valence-corrected chi connectivity index (χ0v) is 22.0. The van der Waals surface area contributed by atoms with Crippen molar-refractivity contribution in [3.63, 3.8) is 0 Å². The molecule has 1 aromatic heterocycles. The van der Waals surface area contributed by atoms with Gasteiger partial charge < -0.3 is 20.5 Å². The number of rotatable bonds is 14. The lowest BCUT2D eigenvalue weighted by molar-refractivity contribution is -0.141. The highest BCUT2D eigenvalue weighted by atomic mass is 32.2. The molecule has 0 aliphatic carbocycles. The van der Waals surface area contributed by atoms with E-state index in [0.717, 1.165) is 36.6 Å². The first-order valence-corrected chi connectivity index (χ1v) is 13.1. The minimum atomic E-state index is -1.04. The highest BCUT2D eigenvalue weighted by Crippen LogP contribution is 2.23. The van der Waals surface area contributed by atoms with Crippen LogP contribution in [0.4, 0.5) is 0 Å². The van der Waals surface area contributed by atoms with E-state index in [9.17, 15) is 19.8 Å². The molecule has 1 heterocycles. The molecule has 2 rings (SSSR count). The molecule has 0 radical (unpaired) electrons. The fourth-order valence-electron chi connectivity index (χ4n) is 3.63. The predicted octanol–water partition coefficient (Wildman–Crippen LogP) is 6.14. The average molecular weight is 499 g/mol. The van der Waals surface area contributed by atoms with E-state index < -0.39 is 12.0 Å². The summed E-state index contributed by atoms with van der Waals surface area (Å²) in [5.74, 6) is -0.288. The molecule has 190 valence electrons. The molecule has 0 aliphatic rings. The van der Waals surface area contributed by atoms with Crippen LogP contribution in [0.5, 0.6) is 5.75 Å². The van der Waals surface area contributed by atoms with E-state index in [2.05, 4.69) is 56.2 Å². The zero-order chi connectivity index (χ0) is 25.8. The van der Waals surface area contributed by atoms with Gasteiger partial charge in [0, 0.05) is 28.6 Å². The number of carbonyl (C=O) groups excluding carboxylic acids is 1. The first-order chi connectivity index (χ1) is 16.7. The summed E-state index contributed by atoms with van der Waals surface area (Å²) in [7, 11) is 0. The van der Waals surface area contributed by atoms with Crippen LogP contribution < -0.4 is 5.32 Å². The van der Waals surface area contributed by atoms with E-state index >= 15 is 0 Å². The minimum Gasteiger partial charge on any atom is -0.508 e. The van der Waals surface area contributed by atoms with Crippen LogP contribution in [0.2, 0.25) is 0 Å². The number of nitrogens with one attached hydrogen (secondary N) is 2. The van der Waals surface area contributed by atoms with E-state index in [0.29, 0.717) is 17.1 Å². The van der Waals surface area contributed by atoms with E-state index in [1.807, 2.05) is 0 Å². The number of carboxylic acids is 1. The Kier molecular flexibility index (Phi) is 11.7. The van der Waals surface area contributed by atoms with Gasteiger partial charge in [0.25, 0.3) is 0 Å². The quantitative estimate of drug-likeness (QED) is 0.185. The van der Waals surface area contributed by atoms with Crippen LogP contribution in [-0.2, 0) is 16.0 Å². The number of aromatic nitrogens is 1. The van der Waals surface area contributed by atoms with Gasteiger partial charge in [0.2, 0.25) is 5.91 Å². The van der Waals surface area contributed by atoms with Crippen molar-refractivity contribution in [1.29, 1.82) is 0 Å². The lowest BCUT2D eigenvalue weighted by Gasteiger charge is -2.14. The Morgan fingerprint density at radius 2 is 1.74 bits per heavy atom. The summed E-state index contributed by atoms with van der Waals surface area (Å²) in [4.78, 5) is 27.2. The predicted molar refractivity (Wildman–Crippen MR) is 146 cm³/mol. The van der Waals surface area contributed by atoms with Crippen molar-refractivity contribution >= 4 is 34.5 Å². The Hall–Kier alpha value is -2.93. The van der Waals surface area contributed by atoms with Crippen LogP contribution in [-0.4, -0.2) is 44.6 Å². The molecule has 7 heteroatoms. The lowest BCUT2D eigenvalue weighted by atomic mass is 10.1. The number of fused-ring (bicyclic) bond motifs is 1. The van der Waals surface area contributed by atoms with Gasteiger partial charge in [-0.25, -0.2) is 4.79 Å². The molecule has 4 N–H and O–H groups in total. The van der Waals surface area contributed by atoms with E-state index in [-0.39, 0.29) is 18.1 Å². The van der Waals surface area contributed by atoms with Crippen LogP contribution in [0.3, 0.4) is 0 Å². The van der Waals surface area contributed by atoms with Crippen molar-refractivity contribution in [2.75, 3.05) is 11.5 Å². The topological polar surface area (TPSA) is 102 Å². The summed E-state index contributed by atoms with van der Waals surface area (Å²) in [5.41, 5.74) is 5.57. The summed E-state index contributed by atoms with van der Waals surface area (Å²) in [5, 5.41) is 22.6. The van der Waals surface area contributed by atoms with Crippen molar-refractivity contribution in [2.24, 2.45) is 0 Å². The molecule has 6 nitrogen and oxygen atoms in total. The molecule has 0 aliphatic heterocycles. The first kappa shape index (κ1) is 28.3. The third-order valence-electron chi connectivity index (χ3n) is 5.69. The van der Waals surface area contributed by atoms with Crippen LogP contribution in [0.1, 0.15) is 58.9 Å². The van der Waals surface area contributed by atoms with E-state index in [4.69, 9.17) is 0 Å². The fourth-order valence-corrected chi connectivity index (χ4v) is 4.63. The summed E-state index contributed by atoms with van der Waals surface area (Å²) in [6.45, 7) is 8.52. The standard InChI is InChI=1S/C28H38N2O4S/c1-19(2)7-5-8-20(3)9-6-10-21(4)13-14-35-18-26(28(33)34)30-27(32)15-22-17-29-25-12-11-23(31)16-24(22)25/h7,9,11-13,16-17,26,29,31H,5-6,8,10,14-15,18H2,1-4H3,(H,30,32)(H,33,34)/b20-9+,21-13+. The van der Waals surface area contributed by atoms with Gasteiger partial charge in [0.15, 0.2) is 0 Å². The number of aromatic amines is 1. The van der Waals surface area contributed by atoms with Crippen molar-refractivity contribution in [3.05, 3.63) is 64.9 Å². The van der Waals surface area contributed by atoms with Gasteiger partial charge in [-0.05, 0) is 77.1 Å². The van der Waals surface area contributed by atoms with Gasteiger partial charge in [0.05, 0.1) is 6.42 Å². The Morgan fingerprint density at radius 3 is 2.43 bits per heavy atom. The summed E-state index contributed by atoms with van der Waals surface area (Å²) in [6, 6.07) is 3.95. The number of hydrogen-bond donors (Lipinski definition) is 4. The van der Waals surface area contributed by atoms with Crippen molar-refractivity contribution in [3.8, 4) is 5.75 Å². The average Bonchev–Trinajstić information content (AvgIpc) is 3.17. The maximum absolute atomic E-state index is 12.5. The number of thioether (sulfide) groups is 1. The normalized spacial score (nSPS) is 13.0. The largest absolute Gasteiger partial charge is 0.508 e. The van der Waals surface area contributed by atoms with Crippen LogP contribution in [0.15, 0.2) is 59.3 Å². The van der Waals surface area contributed by atoms with Crippen LogP contribution >= 0.6 is 11.8 Å². The highest BCUT2D eigenvalue weighted by Gasteiger charge is 2.20. The zero-order valence-electron chi connectivity index (χ0n) is 21.2. The number of allylic oxidation sites excluding steroid dienone is 5. The smallest absolute Gasteiger partial charge is 0.327 e. The van der Waals surface area contributed by atoms with Crippen LogP contribution in [0.25, 0.3) is 10.9 Å². The van der Waals surface area contributed by atoms with Gasteiger partial charge in [-0.1, -0.05) is 34.9 Å². The maximum Gasteiger partial charge on any atom is 0.327 e. The molecule has 35 heavy (non-hydrogen) atoms. The lowest BCUT2D eigenvalue weighted by Crippen LogP contribution is -2.43. The number of carbonyl (C=O) groups is 2. The second-order valence-corrected chi connectivity index (χ2v) is 10.3. The number of aromatic hydroxyl groups is 1. The summed E-state index contributed by atoms with van der Waals surface area (Å²) >= 11 is 1.49. The van der Waals surface area contributed by atoms with Crippen molar-refractivity contribution in [1.82, 2.24) is 10.3 Å². The second kappa shape index (κ2) is 14.5. The summed E-state index contributed by atoms with van der Waals surface area (Å²) in [6.07, 6.45) is 12.6. The molecule has 0 fully saturated rings. The molecule has 1 aromatic carbocycles. The minimum absolute atomic E-state index is 0.0399. The third-order valence-corrected chi connectivity index (χ3v) is 6.66. The molecule has 2 aromatic rings. The SMILES string of the molecule is CC(C)=CCC/C(C)=C/CC/C(C)=C/CSCC(NC(=O)Cc1c[nH]c2ccc(O)cc12)C(=O)O. The molecular formula is C28H38N2O4S. The van der Waals surface area contributed by atoms with Gasteiger partial charge in [-0.2, -0.15) is 11.8 Å². The van der Waals surface area contributed by atoms with Crippen LogP contribution in [0, 0.1) is 0 Å². The van der Waals surface area contributed by atoms with Gasteiger partial charge >= 0.3 is 5.97 Å². The fraction of sp³-hybridized carbons (Fsp3) is 0.429. The highest BCUT2D eigenvalue weighted by molar-refractivity contribution is 7.99. The number of phenols is 1. The molecule has 0 saturated carbocycles. The first-order valence-electron chi connectivity index (χ1n) is 12.0. The molecular weight excluding hydrogens is 460 g/mol. The number of carboxylic acid groups (broad SMARTS) is 1. The molecule has 1 amide bonds. The Morgan fingerprint density at radius 1 is 1.06 bits per heavy atom. The van der Waals surface area contributed by atoms with Crippen molar-refractivity contribution < 1.29 is 19.8 Å². The van der Waals surface area contributed by atoms with E-state index in [1.54, 1.807) is 24.4 Å². The molecule has 0 spiro atoms. The number of H-pyrrole nitrogens is 1. The Labute approximate surface area is 212 Å². The molecule has 1 atom stereocenters. The maximum atomic E-state index is 12.5. The van der Waals surface area contributed by atoms with Gasteiger partial charge in [-0.3, -0.25) is 4.79 Å². The molecule has 0 bridgehead atoms. The van der Waals surface area contributed by atoms with Gasteiger partial charge in [0.1, 0.15) is 11.8 Å². The number of benzene rings is 1. The molecule has 1 unspecified atom stereocenters. The second-order valence-electron chi connectivity index (χ2n) is 9.18. The van der Waals surface area contributed by atoms with Crippen molar-refractivity contribution in [2.45, 2.75) is 65.8 Å². The molecule has 0 saturated heterocycles. The summed E-state index contributed by atoms with van der Waals surface area (Å²) < 4.78 is 0. The van der Waals surface area contributed by atoms with E-state index in [1.165, 1.54) is 28.5 Å². The van der Waals surface area contributed by atoms with Gasteiger partial charge in [-0.15, -0.1) is 0 Å². The monoisotopic (exact) mass is 498 g/mol. The number of hydrogen-bond acceptors (Lipinski definition) is 4.